The predicted molar refractivity (Wildman–Crippen MR) is 112 cm³/mol. The summed E-state index contributed by atoms with van der Waals surface area (Å²) < 4.78 is 11.0. The minimum atomic E-state index is -1.18. The van der Waals surface area contributed by atoms with E-state index in [0.29, 0.717) is 12.4 Å². The second-order valence-corrected chi connectivity index (χ2v) is 6.57. The summed E-state index contributed by atoms with van der Waals surface area (Å²) >= 11 is 0. The Morgan fingerprint density at radius 1 is 0.800 bits per heavy atom. The summed E-state index contributed by atoms with van der Waals surface area (Å²) in [6.07, 6.45) is 0. The van der Waals surface area contributed by atoms with Gasteiger partial charge >= 0.3 is 5.97 Å². The van der Waals surface area contributed by atoms with E-state index in [1.54, 1.807) is 24.3 Å². The first-order chi connectivity index (χ1) is 14.7. The van der Waals surface area contributed by atoms with E-state index in [2.05, 4.69) is 5.32 Å². The fraction of sp³-hybridized carbons (Fsp3) is 0.167. The van der Waals surface area contributed by atoms with Gasteiger partial charge in [0.05, 0.1) is 12.2 Å². The van der Waals surface area contributed by atoms with Gasteiger partial charge in [-0.3, -0.25) is 4.79 Å². The van der Waals surface area contributed by atoms with Crippen LogP contribution >= 0.6 is 0 Å². The zero-order chi connectivity index (χ0) is 21.2. The lowest BCUT2D eigenvalue weighted by Gasteiger charge is -2.17. The normalized spacial score (nSPS) is 11.4. The highest BCUT2D eigenvalue weighted by Crippen LogP contribution is 2.19. The van der Waals surface area contributed by atoms with E-state index in [4.69, 9.17) is 9.47 Å². The van der Waals surface area contributed by atoms with Crippen molar-refractivity contribution in [1.29, 1.82) is 0 Å². The Morgan fingerprint density at radius 3 is 2.00 bits per heavy atom. The summed E-state index contributed by atoms with van der Waals surface area (Å²) in [5.41, 5.74) is 2.04. The molecule has 3 aromatic carbocycles. The highest BCUT2D eigenvalue weighted by molar-refractivity contribution is 5.99. The summed E-state index contributed by atoms with van der Waals surface area (Å²) in [5.74, 6) is -0.861. The van der Waals surface area contributed by atoms with Crippen molar-refractivity contribution < 1.29 is 24.2 Å². The number of benzene rings is 3. The molecule has 0 spiro atoms. The third-order valence-electron chi connectivity index (χ3n) is 4.37. The molecule has 1 amide bonds. The topological polar surface area (TPSA) is 84.9 Å². The highest BCUT2D eigenvalue weighted by atomic mass is 16.5. The number of nitrogens with one attached hydrogen (secondary N) is 1. The first kappa shape index (κ1) is 21.1. The van der Waals surface area contributed by atoms with Crippen molar-refractivity contribution in [2.45, 2.75) is 19.3 Å². The molecule has 0 unspecified atom stereocenters. The molecule has 3 aromatic rings. The van der Waals surface area contributed by atoms with Crippen molar-refractivity contribution in [1.82, 2.24) is 5.32 Å². The van der Waals surface area contributed by atoms with Gasteiger partial charge in [0.25, 0.3) is 5.91 Å². The number of para-hydroxylation sites is 1. The highest BCUT2D eigenvalue weighted by Gasteiger charge is 2.23. The number of carbonyl (C=O) groups is 2. The van der Waals surface area contributed by atoms with E-state index in [1.807, 2.05) is 60.7 Å². The number of rotatable bonds is 9. The summed E-state index contributed by atoms with van der Waals surface area (Å²) in [6, 6.07) is 24.3. The van der Waals surface area contributed by atoms with Crippen molar-refractivity contribution in [3.63, 3.8) is 0 Å². The zero-order valence-electron chi connectivity index (χ0n) is 16.4. The molecule has 3 rings (SSSR count). The van der Waals surface area contributed by atoms with E-state index >= 15 is 0 Å². The van der Waals surface area contributed by atoms with E-state index in [0.717, 1.165) is 11.1 Å². The molecule has 0 saturated heterocycles. The van der Waals surface area contributed by atoms with Crippen LogP contribution in [0.3, 0.4) is 0 Å². The SMILES string of the molecule is O=C(N[C@H](CO)C(=O)OCc1ccccc1)c1ccccc1OCc1ccccc1. The number of amides is 1. The van der Waals surface area contributed by atoms with Crippen LogP contribution < -0.4 is 10.1 Å². The number of ether oxygens (including phenoxy) is 2. The van der Waals surface area contributed by atoms with Gasteiger partial charge in [-0.1, -0.05) is 72.8 Å². The maximum atomic E-state index is 12.7. The van der Waals surface area contributed by atoms with E-state index in [-0.39, 0.29) is 12.2 Å². The first-order valence-electron chi connectivity index (χ1n) is 9.55. The lowest BCUT2D eigenvalue weighted by atomic mass is 10.1. The molecule has 0 heterocycles. The van der Waals surface area contributed by atoms with Gasteiger partial charge in [0.1, 0.15) is 19.0 Å². The average Bonchev–Trinajstić information content (AvgIpc) is 2.81. The van der Waals surface area contributed by atoms with Crippen LogP contribution in [0.4, 0.5) is 0 Å². The Kier molecular flexibility index (Phi) is 7.58. The molecular formula is C24H23NO5. The minimum absolute atomic E-state index is 0.0584. The third-order valence-corrected chi connectivity index (χ3v) is 4.37. The molecule has 1 atom stereocenters. The quantitative estimate of drug-likeness (QED) is 0.535. The van der Waals surface area contributed by atoms with Crippen molar-refractivity contribution in [3.05, 3.63) is 102 Å². The Labute approximate surface area is 175 Å². The van der Waals surface area contributed by atoms with E-state index in [9.17, 15) is 14.7 Å². The smallest absolute Gasteiger partial charge is 0.331 e. The Bertz CT molecular complexity index is 960. The summed E-state index contributed by atoms with van der Waals surface area (Å²) in [4.78, 5) is 25.0. The predicted octanol–water partition coefficient (Wildman–Crippen LogP) is 3.10. The molecule has 0 aromatic heterocycles. The van der Waals surface area contributed by atoms with Gasteiger partial charge in [-0.25, -0.2) is 4.79 Å². The Hall–Kier alpha value is -3.64. The minimum Gasteiger partial charge on any atom is -0.488 e. The lowest BCUT2D eigenvalue weighted by molar-refractivity contribution is -0.148. The number of carbonyl (C=O) groups excluding carboxylic acids is 2. The molecular weight excluding hydrogens is 382 g/mol. The molecule has 6 heteroatoms. The van der Waals surface area contributed by atoms with Crippen molar-refractivity contribution in [2.75, 3.05) is 6.61 Å². The fourth-order valence-corrected chi connectivity index (χ4v) is 2.76. The monoisotopic (exact) mass is 405 g/mol. The summed E-state index contributed by atoms with van der Waals surface area (Å²) in [5, 5.41) is 12.1. The number of hydrogen-bond acceptors (Lipinski definition) is 5. The molecule has 0 bridgehead atoms. The van der Waals surface area contributed by atoms with Gasteiger partial charge in [-0.15, -0.1) is 0 Å². The van der Waals surface area contributed by atoms with Crippen LogP contribution in [0.15, 0.2) is 84.9 Å². The van der Waals surface area contributed by atoms with Crippen LogP contribution in [-0.2, 0) is 22.7 Å². The molecule has 6 nitrogen and oxygen atoms in total. The van der Waals surface area contributed by atoms with Gasteiger partial charge in [0, 0.05) is 0 Å². The molecule has 0 aliphatic heterocycles. The summed E-state index contributed by atoms with van der Waals surface area (Å²) in [6.45, 7) is -0.219. The van der Waals surface area contributed by atoms with Crippen molar-refractivity contribution in [2.24, 2.45) is 0 Å². The fourth-order valence-electron chi connectivity index (χ4n) is 2.76. The molecule has 0 aliphatic carbocycles. The first-order valence-corrected chi connectivity index (χ1v) is 9.55. The molecule has 2 N–H and O–H groups in total. The van der Waals surface area contributed by atoms with Gasteiger partial charge in [-0.05, 0) is 23.3 Å². The van der Waals surface area contributed by atoms with Crippen LogP contribution in [0.5, 0.6) is 5.75 Å². The number of aliphatic hydroxyl groups excluding tert-OH is 1. The third kappa shape index (κ3) is 5.93. The lowest BCUT2D eigenvalue weighted by Crippen LogP contribution is -2.44. The average molecular weight is 405 g/mol. The Morgan fingerprint density at radius 2 is 1.37 bits per heavy atom. The van der Waals surface area contributed by atoms with Gasteiger partial charge in [-0.2, -0.15) is 0 Å². The number of esters is 1. The van der Waals surface area contributed by atoms with Crippen LogP contribution in [-0.4, -0.2) is 29.6 Å². The standard InChI is InChI=1S/C24H23NO5/c26-15-21(24(28)30-17-19-11-5-2-6-12-19)25-23(27)20-13-7-8-14-22(20)29-16-18-9-3-1-4-10-18/h1-14,21,26H,15-17H2,(H,25,27)/t21-/m1/s1. The molecule has 0 radical (unpaired) electrons. The number of hydrogen-bond donors (Lipinski definition) is 2. The second kappa shape index (κ2) is 10.8. The van der Waals surface area contributed by atoms with Crippen molar-refractivity contribution >= 4 is 11.9 Å². The Balaban J connectivity index is 1.61. The van der Waals surface area contributed by atoms with Crippen LogP contribution in [0.1, 0.15) is 21.5 Å². The molecule has 0 aliphatic rings. The molecule has 0 saturated carbocycles. The summed E-state index contributed by atoms with van der Waals surface area (Å²) in [7, 11) is 0. The second-order valence-electron chi connectivity index (χ2n) is 6.57. The largest absolute Gasteiger partial charge is 0.488 e. The molecule has 0 fully saturated rings. The van der Waals surface area contributed by atoms with Gasteiger partial charge < -0.3 is 19.9 Å². The zero-order valence-corrected chi connectivity index (χ0v) is 16.4. The maximum Gasteiger partial charge on any atom is 0.331 e. The van der Waals surface area contributed by atoms with E-state index in [1.165, 1.54) is 0 Å². The molecule has 30 heavy (non-hydrogen) atoms. The maximum absolute atomic E-state index is 12.7. The van der Waals surface area contributed by atoms with E-state index < -0.39 is 24.5 Å². The van der Waals surface area contributed by atoms with Gasteiger partial charge in [0.2, 0.25) is 0 Å². The van der Waals surface area contributed by atoms with Crippen LogP contribution in [0.2, 0.25) is 0 Å². The van der Waals surface area contributed by atoms with Crippen LogP contribution in [0, 0.1) is 0 Å². The molecule has 154 valence electrons. The van der Waals surface area contributed by atoms with Gasteiger partial charge in [0.15, 0.2) is 6.04 Å². The number of aliphatic hydroxyl groups is 1. The van der Waals surface area contributed by atoms with Crippen molar-refractivity contribution in [3.8, 4) is 5.75 Å². The van der Waals surface area contributed by atoms with Crippen LogP contribution in [0.25, 0.3) is 0 Å².